The van der Waals surface area contributed by atoms with Gasteiger partial charge in [0.15, 0.2) is 0 Å². The number of hydrogen-bond donors (Lipinski definition) is 0. The van der Waals surface area contributed by atoms with E-state index in [1.54, 1.807) is 16.4 Å². The molecule has 19 heavy (non-hydrogen) atoms. The van der Waals surface area contributed by atoms with Gasteiger partial charge in [0.05, 0.1) is 4.90 Å². The van der Waals surface area contributed by atoms with Gasteiger partial charge in [-0.05, 0) is 32.4 Å². The van der Waals surface area contributed by atoms with Crippen LogP contribution in [0.25, 0.3) is 0 Å². The Balaban J connectivity index is 2.08. The van der Waals surface area contributed by atoms with Crippen molar-refractivity contribution in [3.8, 4) is 0 Å². The van der Waals surface area contributed by atoms with Gasteiger partial charge in [0.1, 0.15) is 0 Å². The monoisotopic (exact) mass is 281 g/mol. The first-order valence-corrected chi connectivity index (χ1v) is 8.44. The molecule has 0 bridgehead atoms. The van der Waals surface area contributed by atoms with E-state index in [-0.39, 0.29) is 5.54 Å². The van der Waals surface area contributed by atoms with E-state index in [1.165, 1.54) is 12.8 Å². The van der Waals surface area contributed by atoms with Crippen LogP contribution in [0.4, 0.5) is 0 Å². The van der Waals surface area contributed by atoms with E-state index in [0.717, 1.165) is 18.4 Å². The van der Waals surface area contributed by atoms with Crippen molar-refractivity contribution in [2.24, 2.45) is 0 Å². The van der Waals surface area contributed by atoms with Crippen molar-refractivity contribution >= 4 is 10.0 Å². The van der Waals surface area contributed by atoms with E-state index in [4.69, 9.17) is 0 Å². The van der Waals surface area contributed by atoms with Crippen molar-refractivity contribution in [1.82, 2.24) is 4.31 Å². The highest BCUT2D eigenvalue weighted by Gasteiger charge is 2.54. The van der Waals surface area contributed by atoms with Gasteiger partial charge in [-0.2, -0.15) is 4.31 Å². The van der Waals surface area contributed by atoms with Crippen LogP contribution in [-0.4, -0.2) is 24.8 Å². The summed E-state index contributed by atoms with van der Waals surface area (Å²) in [6.07, 6.45) is 4.41. The first-order valence-electron chi connectivity index (χ1n) is 7.00. The number of benzene rings is 1. The highest BCUT2D eigenvalue weighted by Crippen LogP contribution is 2.41. The minimum absolute atomic E-state index is 0.154. The first kappa shape index (κ1) is 14.5. The van der Waals surface area contributed by atoms with Gasteiger partial charge in [-0.25, -0.2) is 8.42 Å². The summed E-state index contributed by atoms with van der Waals surface area (Å²) in [5.41, 5.74) is 0.925. The van der Waals surface area contributed by atoms with Gasteiger partial charge in [0.2, 0.25) is 10.0 Å². The van der Waals surface area contributed by atoms with Gasteiger partial charge >= 0.3 is 0 Å². The fraction of sp³-hybridized carbons (Fsp3) is 0.600. The van der Waals surface area contributed by atoms with Crippen molar-refractivity contribution in [2.75, 3.05) is 6.54 Å². The van der Waals surface area contributed by atoms with Crippen LogP contribution in [0, 0.1) is 6.92 Å². The molecule has 0 saturated carbocycles. The van der Waals surface area contributed by atoms with Crippen LogP contribution in [0.1, 0.15) is 45.1 Å². The molecule has 0 radical (unpaired) electrons. The minimum Gasteiger partial charge on any atom is -0.207 e. The second-order valence-electron chi connectivity index (χ2n) is 5.78. The molecule has 0 N–H and O–H groups in total. The van der Waals surface area contributed by atoms with E-state index < -0.39 is 10.0 Å². The van der Waals surface area contributed by atoms with Crippen LogP contribution in [0.5, 0.6) is 0 Å². The van der Waals surface area contributed by atoms with Crippen LogP contribution in [0.2, 0.25) is 0 Å². The maximum atomic E-state index is 12.5. The molecule has 0 spiro atoms. The average molecular weight is 281 g/mol. The maximum Gasteiger partial charge on any atom is 0.243 e. The van der Waals surface area contributed by atoms with E-state index in [0.29, 0.717) is 11.4 Å². The molecule has 1 heterocycles. The average Bonchev–Trinajstić information content (AvgIpc) is 3.04. The Labute approximate surface area is 116 Å². The zero-order valence-corrected chi connectivity index (χ0v) is 12.8. The lowest BCUT2D eigenvalue weighted by Crippen LogP contribution is -2.21. The predicted molar refractivity (Wildman–Crippen MR) is 77.6 cm³/mol. The van der Waals surface area contributed by atoms with Gasteiger partial charge < -0.3 is 0 Å². The molecule has 1 aromatic carbocycles. The van der Waals surface area contributed by atoms with Crippen LogP contribution in [-0.2, 0) is 10.0 Å². The van der Waals surface area contributed by atoms with Crippen molar-refractivity contribution in [3.63, 3.8) is 0 Å². The Morgan fingerprint density at radius 2 is 1.84 bits per heavy atom. The Kier molecular flexibility index (Phi) is 4.02. The van der Waals surface area contributed by atoms with E-state index in [1.807, 2.05) is 19.1 Å². The standard InChI is InChI=1S/C15H23NO2S/c1-4-5-6-11-15(3)12-16(15)19(17,18)14-9-7-13(2)8-10-14/h7-10H,4-6,11-12H2,1-3H3. The van der Waals surface area contributed by atoms with E-state index in [2.05, 4.69) is 13.8 Å². The smallest absolute Gasteiger partial charge is 0.207 e. The Morgan fingerprint density at radius 1 is 1.21 bits per heavy atom. The predicted octanol–water partition coefficient (Wildman–Crippen LogP) is 3.34. The third-order valence-corrected chi connectivity index (χ3v) is 5.93. The number of sulfonamides is 1. The van der Waals surface area contributed by atoms with Gasteiger partial charge in [0, 0.05) is 12.1 Å². The summed E-state index contributed by atoms with van der Waals surface area (Å²) in [6.45, 7) is 6.83. The molecular formula is C15H23NO2S. The fourth-order valence-electron chi connectivity index (χ4n) is 2.45. The molecule has 1 aliphatic heterocycles. The summed E-state index contributed by atoms with van der Waals surface area (Å²) in [7, 11) is -3.29. The molecule has 0 aromatic heterocycles. The molecule has 4 heteroatoms. The van der Waals surface area contributed by atoms with Gasteiger partial charge in [0.25, 0.3) is 0 Å². The molecule has 1 saturated heterocycles. The second kappa shape index (κ2) is 5.25. The fourth-order valence-corrected chi connectivity index (χ4v) is 4.30. The van der Waals surface area contributed by atoms with Crippen LogP contribution >= 0.6 is 0 Å². The van der Waals surface area contributed by atoms with Crippen LogP contribution in [0.15, 0.2) is 29.2 Å². The molecule has 0 amide bonds. The zero-order chi connectivity index (χ0) is 14.1. The number of rotatable bonds is 6. The molecule has 2 atom stereocenters. The van der Waals surface area contributed by atoms with E-state index >= 15 is 0 Å². The molecule has 1 fully saturated rings. The Morgan fingerprint density at radius 3 is 2.42 bits per heavy atom. The molecule has 2 unspecified atom stereocenters. The van der Waals surface area contributed by atoms with Gasteiger partial charge in [-0.15, -0.1) is 0 Å². The molecule has 2 rings (SSSR count). The third-order valence-electron chi connectivity index (χ3n) is 3.91. The van der Waals surface area contributed by atoms with Crippen molar-refractivity contribution < 1.29 is 8.42 Å². The summed E-state index contributed by atoms with van der Waals surface area (Å²) < 4.78 is 26.6. The lowest BCUT2D eigenvalue weighted by Gasteiger charge is -2.13. The van der Waals surface area contributed by atoms with Crippen molar-refractivity contribution in [1.29, 1.82) is 0 Å². The van der Waals surface area contributed by atoms with Crippen LogP contribution < -0.4 is 0 Å². The largest absolute Gasteiger partial charge is 0.243 e. The number of unbranched alkanes of at least 4 members (excludes halogenated alkanes) is 2. The molecule has 3 nitrogen and oxygen atoms in total. The lowest BCUT2D eigenvalue weighted by atomic mass is 10.0. The normalized spacial score (nSPS) is 26.4. The number of hydrogen-bond acceptors (Lipinski definition) is 2. The quantitative estimate of drug-likeness (QED) is 0.592. The Hall–Kier alpha value is -0.870. The summed E-state index contributed by atoms with van der Waals surface area (Å²) in [6, 6.07) is 7.11. The molecule has 106 valence electrons. The third kappa shape index (κ3) is 3.00. The zero-order valence-electron chi connectivity index (χ0n) is 12.0. The highest BCUT2D eigenvalue weighted by molar-refractivity contribution is 7.89. The van der Waals surface area contributed by atoms with Crippen molar-refractivity contribution in [3.05, 3.63) is 29.8 Å². The summed E-state index contributed by atoms with van der Waals surface area (Å²) in [5, 5.41) is 0. The summed E-state index contributed by atoms with van der Waals surface area (Å²) in [5.74, 6) is 0. The minimum atomic E-state index is -3.29. The lowest BCUT2D eigenvalue weighted by molar-refractivity contribution is 0.476. The number of nitrogens with zero attached hydrogens (tertiary/aromatic N) is 1. The topological polar surface area (TPSA) is 37.1 Å². The highest BCUT2D eigenvalue weighted by atomic mass is 32.2. The van der Waals surface area contributed by atoms with E-state index in [9.17, 15) is 8.42 Å². The molecule has 1 aromatic rings. The van der Waals surface area contributed by atoms with Crippen molar-refractivity contribution in [2.45, 2.75) is 56.9 Å². The summed E-state index contributed by atoms with van der Waals surface area (Å²) in [4.78, 5) is 0.414. The Bertz CT molecular complexity index is 536. The van der Waals surface area contributed by atoms with Gasteiger partial charge in [-0.1, -0.05) is 43.9 Å². The number of aryl methyl sites for hydroxylation is 1. The summed E-state index contributed by atoms with van der Waals surface area (Å²) >= 11 is 0. The molecule has 1 aliphatic rings. The molecular weight excluding hydrogens is 258 g/mol. The van der Waals surface area contributed by atoms with Gasteiger partial charge in [-0.3, -0.25) is 0 Å². The SMILES string of the molecule is CCCCCC1(C)CN1S(=O)(=O)c1ccc(C)cc1. The maximum absolute atomic E-state index is 12.5. The first-order chi connectivity index (χ1) is 8.90. The second-order valence-corrected chi connectivity index (χ2v) is 7.64. The van der Waals surface area contributed by atoms with Crippen LogP contribution in [0.3, 0.4) is 0 Å². The molecule has 0 aliphatic carbocycles.